The number of hydrogen-bond acceptors (Lipinski definition) is 5. The molecule has 2 aliphatic rings. The van der Waals surface area contributed by atoms with Gasteiger partial charge in [-0.25, -0.2) is 0 Å². The molecule has 0 amide bonds. The topological polar surface area (TPSA) is 96.3 Å². The van der Waals surface area contributed by atoms with Gasteiger partial charge in [0.25, 0.3) is 0 Å². The van der Waals surface area contributed by atoms with E-state index in [-0.39, 0.29) is 30.8 Å². The zero-order valence-corrected chi connectivity index (χ0v) is 14.9. The normalized spacial score (nSPS) is 23.0. The summed E-state index contributed by atoms with van der Waals surface area (Å²) in [5.74, 6) is -0.591. The lowest BCUT2D eigenvalue weighted by Gasteiger charge is -2.17. The van der Waals surface area contributed by atoms with Gasteiger partial charge in [-0.05, 0) is 42.4 Å². The second-order valence-electron chi connectivity index (χ2n) is 7.21. The van der Waals surface area contributed by atoms with E-state index in [1.54, 1.807) is 7.11 Å². The van der Waals surface area contributed by atoms with E-state index in [1.807, 2.05) is 18.2 Å². The van der Waals surface area contributed by atoms with Gasteiger partial charge in [0.05, 0.1) is 13.2 Å². The Kier molecular flexibility index (Phi) is 5.66. The summed E-state index contributed by atoms with van der Waals surface area (Å²) in [4.78, 5) is 24.3. The fourth-order valence-corrected chi connectivity index (χ4v) is 3.61. The number of rotatable bonds is 9. The van der Waals surface area contributed by atoms with Gasteiger partial charge in [-0.2, -0.15) is 0 Å². The molecule has 2 fully saturated rings. The molecule has 1 saturated carbocycles. The van der Waals surface area contributed by atoms with E-state index in [0.717, 1.165) is 24.2 Å². The Labute approximate surface area is 152 Å². The van der Waals surface area contributed by atoms with Crippen molar-refractivity contribution in [2.75, 3.05) is 20.2 Å². The van der Waals surface area contributed by atoms with Crippen molar-refractivity contribution < 1.29 is 29.3 Å². The molecule has 1 saturated heterocycles. The van der Waals surface area contributed by atoms with E-state index in [9.17, 15) is 9.59 Å². The van der Waals surface area contributed by atoms with Crippen LogP contribution in [0, 0.1) is 11.8 Å². The average molecular weight is 363 g/mol. The van der Waals surface area contributed by atoms with Crippen LogP contribution in [0.5, 0.6) is 11.5 Å². The molecule has 1 aromatic carbocycles. The van der Waals surface area contributed by atoms with E-state index in [2.05, 4.69) is 4.90 Å². The minimum Gasteiger partial charge on any atom is -0.493 e. The predicted octanol–water partition coefficient (Wildman–Crippen LogP) is 2.23. The second-order valence-corrected chi connectivity index (χ2v) is 7.21. The van der Waals surface area contributed by atoms with Crippen molar-refractivity contribution in [2.24, 2.45) is 11.8 Å². The Morgan fingerprint density at radius 3 is 2.19 bits per heavy atom. The molecule has 0 bridgehead atoms. The minimum absolute atomic E-state index is 0.00704. The van der Waals surface area contributed by atoms with Crippen molar-refractivity contribution in [2.45, 2.75) is 38.3 Å². The van der Waals surface area contributed by atoms with Gasteiger partial charge in [0.1, 0.15) is 0 Å². The molecule has 2 atom stereocenters. The van der Waals surface area contributed by atoms with Gasteiger partial charge in [0.15, 0.2) is 11.5 Å². The zero-order valence-electron chi connectivity index (χ0n) is 14.9. The van der Waals surface area contributed by atoms with E-state index < -0.39 is 11.9 Å². The van der Waals surface area contributed by atoms with Gasteiger partial charge in [-0.15, -0.1) is 0 Å². The van der Waals surface area contributed by atoms with Crippen molar-refractivity contribution in [3.05, 3.63) is 23.8 Å². The highest BCUT2D eigenvalue weighted by Gasteiger charge is 2.35. The third-order valence-corrected chi connectivity index (χ3v) is 4.98. The van der Waals surface area contributed by atoms with Crippen molar-refractivity contribution in [3.63, 3.8) is 0 Å². The summed E-state index contributed by atoms with van der Waals surface area (Å²) in [5, 5.41) is 18.2. The van der Waals surface area contributed by atoms with Crippen LogP contribution < -0.4 is 9.47 Å². The summed E-state index contributed by atoms with van der Waals surface area (Å²) < 4.78 is 11.3. The SMILES string of the molecule is COc1ccc(CN2C[C@@H](CC(=O)O)[C@H](CC(=O)O)C2)cc1OC1CC1. The number of carbonyl (C=O) groups is 2. The van der Waals surface area contributed by atoms with Crippen LogP contribution in [0.15, 0.2) is 18.2 Å². The summed E-state index contributed by atoms with van der Waals surface area (Å²) in [6.07, 6.45) is 2.41. The van der Waals surface area contributed by atoms with Gasteiger partial charge in [-0.3, -0.25) is 14.5 Å². The molecule has 7 heteroatoms. The molecule has 0 radical (unpaired) electrons. The highest BCUT2D eigenvalue weighted by Crippen LogP contribution is 2.35. The molecule has 142 valence electrons. The average Bonchev–Trinajstić information content (AvgIpc) is 3.30. The highest BCUT2D eigenvalue weighted by atomic mass is 16.5. The predicted molar refractivity (Wildman–Crippen MR) is 93.4 cm³/mol. The monoisotopic (exact) mass is 363 g/mol. The smallest absolute Gasteiger partial charge is 0.303 e. The van der Waals surface area contributed by atoms with Crippen molar-refractivity contribution in [1.82, 2.24) is 4.90 Å². The van der Waals surface area contributed by atoms with Gasteiger partial charge < -0.3 is 19.7 Å². The van der Waals surface area contributed by atoms with Gasteiger partial charge in [0, 0.05) is 32.5 Å². The first-order valence-corrected chi connectivity index (χ1v) is 8.94. The maximum absolute atomic E-state index is 11.1. The molecule has 3 rings (SSSR count). The van der Waals surface area contributed by atoms with Gasteiger partial charge in [0.2, 0.25) is 0 Å². The lowest BCUT2D eigenvalue weighted by atomic mass is 9.90. The van der Waals surface area contributed by atoms with E-state index in [0.29, 0.717) is 25.4 Å². The molecule has 0 aromatic heterocycles. The highest BCUT2D eigenvalue weighted by molar-refractivity contribution is 5.69. The molecule has 1 aliphatic carbocycles. The van der Waals surface area contributed by atoms with Crippen LogP contribution in [0.4, 0.5) is 0 Å². The Morgan fingerprint density at radius 1 is 1.08 bits per heavy atom. The first-order valence-electron chi connectivity index (χ1n) is 8.94. The van der Waals surface area contributed by atoms with Crippen LogP contribution >= 0.6 is 0 Å². The Balaban J connectivity index is 1.67. The number of likely N-dealkylation sites (tertiary alicyclic amines) is 1. The van der Waals surface area contributed by atoms with Crippen LogP contribution in [0.1, 0.15) is 31.2 Å². The van der Waals surface area contributed by atoms with Crippen LogP contribution in [0.25, 0.3) is 0 Å². The van der Waals surface area contributed by atoms with E-state index >= 15 is 0 Å². The maximum Gasteiger partial charge on any atom is 0.303 e. The molecular formula is C19H25NO6. The Morgan fingerprint density at radius 2 is 1.69 bits per heavy atom. The maximum atomic E-state index is 11.1. The van der Waals surface area contributed by atoms with Gasteiger partial charge in [-0.1, -0.05) is 6.07 Å². The molecule has 7 nitrogen and oxygen atoms in total. The number of benzene rings is 1. The largest absolute Gasteiger partial charge is 0.493 e. The number of ether oxygens (including phenoxy) is 2. The molecule has 1 aromatic rings. The molecule has 1 aliphatic heterocycles. The molecule has 1 heterocycles. The van der Waals surface area contributed by atoms with Crippen molar-refractivity contribution >= 4 is 11.9 Å². The molecule has 0 unspecified atom stereocenters. The molecule has 26 heavy (non-hydrogen) atoms. The van der Waals surface area contributed by atoms with E-state index in [1.165, 1.54) is 0 Å². The third kappa shape index (κ3) is 4.88. The van der Waals surface area contributed by atoms with Crippen LogP contribution in [-0.2, 0) is 16.1 Å². The molecular weight excluding hydrogens is 338 g/mol. The number of nitrogens with zero attached hydrogens (tertiary/aromatic N) is 1. The summed E-state index contributed by atoms with van der Waals surface area (Å²) >= 11 is 0. The lowest BCUT2D eigenvalue weighted by Crippen LogP contribution is -2.21. The van der Waals surface area contributed by atoms with Crippen molar-refractivity contribution in [1.29, 1.82) is 0 Å². The second kappa shape index (κ2) is 7.95. The number of hydrogen-bond donors (Lipinski definition) is 2. The van der Waals surface area contributed by atoms with Gasteiger partial charge >= 0.3 is 11.9 Å². The third-order valence-electron chi connectivity index (χ3n) is 4.98. The van der Waals surface area contributed by atoms with Crippen LogP contribution in [0.2, 0.25) is 0 Å². The zero-order chi connectivity index (χ0) is 18.7. The number of carboxylic acids is 2. The van der Waals surface area contributed by atoms with Crippen molar-refractivity contribution in [3.8, 4) is 11.5 Å². The summed E-state index contributed by atoms with van der Waals surface area (Å²) in [5.41, 5.74) is 1.05. The van der Waals surface area contributed by atoms with E-state index in [4.69, 9.17) is 19.7 Å². The Hall–Kier alpha value is -2.28. The lowest BCUT2D eigenvalue weighted by molar-refractivity contribution is -0.141. The Bertz CT molecular complexity index is 648. The summed E-state index contributed by atoms with van der Waals surface area (Å²) in [6.45, 7) is 1.82. The number of methoxy groups -OCH3 is 1. The number of aliphatic carboxylic acids is 2. The first-order chi connectivity index (χ1) is 12.4. The summed E-state index contributed by atoms with van der Waals surface area (Å²) in [7, 11) is 1.61. The summed E-state index contributed by atoms with van der Waals surface area (Å²) in [6, 6.07) is 5.82. The first kappa shape index (κ1) is 18.5. The number of carboxylic acid groups (broad SMARTS) is 2. The standard InChI is InChI=1S/C19H25NO6/c1-25-16-5-2-12(6-17(16)26-15-3-4-15)9-20-10-13(7-18(21)22)14(11-20)8-19(23)24/h2,5-6,13-15H,3-4,7-11H2,1H3,(H,21,22)(H,23,24)/t13-,14-/m1/s1. The fraction of sp³-hybridized carbons (Fsp3) is 0.579. The molecule has 0 spiro atoms. The van der Waals surface area contributed by atoms with Crippen LogP contribution in [0.3, 0.4) is 0 Å². The molecule has 2 N–H and O–H groups in total. The van der Waals surface area contributed by atoms with Crippen LogP contribution in [-0.4, -0.2) is 53.4 Å². The quantitative estimate of drug-likeness (QED) is 0.694. The fourth-order valence-electron chi connectivity index (χ4n) is 3.61. The minimum atomic E-state index is -0.878.